The molecule has 1 aromatic heterocycles. The summed E-state index contributed by atoms with van der Waals surface area (Å²) in [6.07, 6.45) is 1.15. The van der Waals surface area contributed by atoms with Crippen molar-refractivity contribution in [2.75, 3.05) is 39.1 Å². The molecular formula is C25H29N3O4S. The quantitative estimate of drug-likeness (QED) is 0.538. The van der Waals surface area contributed by atoms with Gasteiger partial charge < -0.3 is 9.84 Å². The van der Waals surface area contributed by atoms with Crippen LogP contribution in [0.5, 0.6) is 0 Å². The van der Waals surface area contributed by atoms with Gasteiger partial charge in [0.15, 0.2) is 0 Å². The molecule has 0 spiro atoms. The molecule has 0 aliphatic carbocycles. The van der Waals surface area contributed by atoms with Crippen LogP contribution in [0, 0.1) is 6.92 Å². The number of nitrogens with zero attached hydrogens (tertiary/aromatic N) is 3. The summed E-state index contributed by atoms with van der Waals surface area (Å²) in [6.45, 7) is 5.01. The van der Waals surface area contributed by atoms with Gasteiger partial charge in [0.1, 0.15) is 0 Å². The number of aryl methyl sites for hydroxylation is 1. The van der Waals surface area contributed by atoms with Crippen LogP contribution in [0.15, 0.2) is 69.1 Å². The fourth-order valence-electron chi connectivity index (χ4n) is 4.01. The van der Waals surface area contributed by atoms with Crippen molar-refractivity contribution in [3.8, 4) is 16.9 Å². The average Bonchev–Trinajstić information content (AvgIpc) is 2.83. The smallest absolute Gasteiger partial charge is 0.336 e. The highest BCUT2D eigenvalue weighted by molar-refractivity contribution is 7.98. The minimum absolute atomic E-state index is 0.0634. The molecule has 1 aliphatic rings. The van der Waals surface area contributed by atoms with Crippen molar-refractivity contribution in [1.82, 2.24) is 14.0 Å². The fourth-order valence-corrected chi connectivity index (χ4v) is 4.42. The molecule has 0 amide bonds. The number of aliphatic hydroxyl groups is 1. The van der Waals surface area contributed by atoms with Crippen LogP contribution >= 0.6 is 11.8 Å². The summed E-state index contributed by atoms with van der Waals surface area (Å²) >= 11 is 1.62. The van der Waals surface area contributed by atoms with Crippen molar-refractivity contribution >= 4 is 11.8 Å². The van der Waals surface area contributed by atoms with Gasteiger partial charge in [-0.15, -0.1) is 11.8 Å². The molecule has 3 aromatic rings. The van der Waals surface area contributed by atoms with Crippen molar-refractivity contribution in [3.63, 3.8) is 0 Å². The number of β-amino-alcohol motifs (C(OH)–C–C–N with tert-alkyl or cyclic N) is 1. The molecule has 8 heteroatoms. The van der Waals surface area contributed by atoms with E-state index in [2.05, 4.69) is 4.90 Å². The molecule has 1 fully saturated rings. The van der Waals surface area contributed by atoms with Gasteiger partial charge in [-0.2, -0.15) is 0 Å². The summed E-state index contributed by atoms with van der Waals surface area (Å²) in [7, 11) is 0. The summed E-state index contributed by atoms with van der Waals surface area (Å²) in [4.78, 5) is 29.8. The lowest BCUT2D eigenvalue weighted by atomic mass is 10.1. The monoisotopic (exact) mass is 467 g/mol. The Bertz CT molecular complexity index is 1200. The van der Waals surface area contributed by atoms with Gasteiger partial charge in [0.05, 0.1) is 37.2 Å². The SMILES string of the molecule is CSc1ccc(-n2c(-c3ccc(C)cc3)cc(=O)n(CC(O)CN3CCOCC3)c2=O)cc1. The highest BCUT2D eigenvalue weighted by atomic mass is 32.2. The van der Waals surface area contributed by atoms with Crippen molar-refractivity contribution in [2.45, 2.75) is 24.5 Å². The molecular weight excluding hydrogens is 438 g/mol. The van der Waals surface area contributed by atoms with E-state index < -0.39 is 17.4 Å². The van der Waals surface area contributed by atoms with Gasteiger partial charge in [0, 0.05) is 30.6 Å². The van der Waals surface area contributed by atoms with Crippen molar-refractivity contribution < 1.29 is 9.84 Å². The maximum absolute atomic E-state index is 13.6. The molecule has 1 unspecified atom stereocenters. The zero-order valence-electron chi connectivity index (χ0n) is 18.9. The van der Waals surface area contributed by atoms with Crippen LogP contribution in [0.25, 0.3) is 16.9 Å². The Kier molecular flexibility index (Phi) is 7.49. The largest absolute Gasteiger partial charge is 0.390 e. The second-order valence-electron chi connectivity index (χ2n) is 8.23. The van der Waals surface area contributed by atoms with Crippen LogP contribution in [0.1, 0.15) is 5.56 Å². The molecule has 2 aromatic carbocycles. The Labute approximate surface area is 197 Å². The number of hydrogen-bond donors (Lipinski definition) is 1. The molecule has 0 saturated carbocycles. The molecule has 174 valence electrons. The molecule has 1 saturated heterocycles. The number of aromatic nitrogens is 2. The predicted octanol–water partition coefficient (Wildman–Crippen LogP) is 2.39. The van der Waals surface area contributed by atoms with Gasteiger partial charge in [-0.3, -0.25) is 18.8 Å². The lowest BCUT2D eigenvalue weighted by Gasteiger charge is -2.28. The van der Waals surface area contributed by atoms with E-state index in [0.29, 0.717) is 31.1 Å². The number of thioether (sulfide) groups is 1. The number of ether oxygens (including phenoxy) is 1. The van der Waals surface area contributed by atoms with E-state index in [1.165, 1.54) is 6.07 Å². The first kappa shape index (κ1) is 23.5. The van der Waals surface area contributed by atoms with E-state index in [4.69, 9.17) is 4.74 Å². The number of hydrogen-bond acceptors (Lipinski definition) is 6. The van der Waals surface area contributed by atoms with Gasteiger partial charge >= 0.3 is 5.69 Å². The van der Waals surface area contributed by atoms with Crippen LogP contribution in [0.4, 0.5) is 0 Å². The molecule has 2 heterocycles. The lowest BCUT2D eigenvalue weighted by Crippen LogP contribution is -2.46. The Hall–Kier alpha value is -2.65. The minimum atomic E-state index is -0.842. The van der Waals surface area contributed by atoms with E-state index in [0.717, 1.165) is 33.7 Å². The Morgan fingerprint density at radius 2 is 1.67 bits per heavy atom. The Morgan fingerprint density at radius 3 is 2.30 bits per heavy atom. The topological polar surface area (TPSA) is 76.7 Å². The zero-order valence-corrected chi connectivity index (χ0v) is 19.8. The number of morpholine rings is 1. The number of benzene rings is 2. The normalized spacial score (nSPS) is 15.5. The molecule has 0 bridgehead atoms. The molecule has 33 heavy (non-hydrogen) atoms. The first-order chi connectivity index (χ1) is 16.0. The van der Waals surface area contributed by atoms with Crippen molar-refractivity contribution in [2.24, 2.45) is 0 Å². The van der Waals surface area contributed by atoms with Gasteiger partial charge in [0.25, 0.3) is 5.56 Å². The molecule has 4 rings (SSSR count). The maximum Gasteiger partial charge on any atom is 0.336 e. The second-order valence-corrected chi connectivity index (χ2v) is 9.11. The third kappa shape index (κ3) is 5.47. The van der Waals surface area contributed by atoms with E-state index in [9.17, 15) is 14.7 Å². The van der Waals surface area contributed by atoms with Gasteiger partial charge in [-0.25, -0.2) is 4.79 Å². The van der Waals surface area contributed by atoms with Crippen LogP contribution in [0.3, 0.4) is 0 Å². The summed E-state index contributed by atoms with van der Waals surface area (Å²) in [5.41, 5.74) is 2.19. The third-order valence-electron chi connectivity index (χ3n) is 5.83. The number of aliphatic hydroxyl groups excluding tert-OH is 1. The first-order valence-electron chi connectivity index (χ1n) is 11.0. The van der Waals surface area contributed by atoms with Crippen LogP contribution < -0.4 is 11.2 Å². The van der Waals surface area contributed by atoms with Crippen LogP contribution in [-0.2, 0) is 11.3 Å². The van der Waals surface area contributed by atoms with Crippen molar-refractivity contribution in [3.05, 3.63) is 81.0 Å². The van der Waals surface area contributed by atoms with E-state index in [1.54, 1.807) is 16.3 Å². The van der Waals surface area contributed by atoms with E-state index in [-0.39, 0.29) is 6.54 Å². The fraction of sp³-hybridized carbons (Fsp3) is 0.360. The average molecular weight is 468 g/mol. The summed E-state index contributed by atoms with van der Waals surface area (Å²) in [5.74, 6) is 0. The zero-order chi connectivity index (χ0) is 23.4. The standard InChI is InChI=1S/C25H29N3O4S/c1-18-3-5-19(6-4-18)23-15-24(30)27(17-21(29)16-26-11-13-32-14-12-26)25(31)28(23)20-7-9-22(33-2)10-8-20/h3-10,15,21,29H,11-14,16-17H2,1-2H3. The minimum Gasteiger partial charge on any atom is -0.390 e. The Morgan fingerprint density at radius 1 is 1.00 bits per heavy atom. The number of rotatable bonds is 7. The van der Waals surface area contributed by atoms with Crippen LogP contribution in [0.2, 0.25) is 0 Å². The third-order valence-corrected chi connectivity index (χ3v) is 6.58. The van der Waals surface area contributed by atoms with E-state index in [1.807, 2.05) is 61.7 Å². The summed E-state index contributed by atoms with van der Waals surface area (Å²) < 4.78 is 8.03. The molecule has 1 aliphatic heterocycles. The molecule has 1 atom stereocenters. The molecule has 1 N–H and O–H groups in total. The maximum atomic E-state index is 13.6. The second kappa shape index (κ2) is 10.5. The first-order valence-corrected chi connectivity index (χ1v) is 12.3. The lowest BCUT2D eigenvalue weighted by molar-refractivity contribution is 0.0110. The summed E-state index contributed by atoms with van der Waals surface area (Å²) in [5, 5.41) is 10.7. The van der Waals surface area contributed by atoms with Gasteiger partial charge in [-0.1, -0.05) is 29.8 Å². The van der Waals surface area contributed by atoms with Gasteiger partial charge in [0.2, 0.25) is 0 Å². The molecule has 0 radical (unpaired) electrons. The summed E-state index contributed by atoms with van der Waals surface area (Å²) in [6, 6.07) is 16.9. The van der Waals surface area contributed by atoms with Crippen LogP contribution in [-0.4, -0.2) is 64.3 Å². The Balaban J connectivity index is 1.76. The van der Waals surface area contributed by atoms with E-state index >= 15 is 0 Å². The highest BCUT2D eigenvalue weighted by Crippen LogP contribution is 2.22. The van der Waals surface area contributed by atoms with Crippen molar-refractivity contribution in [1.29, 1.82) is 0 Å². The van der Waals surface area contributed by atoms with Gasteiger partial charge in [-0.05, 0) is 43.0 Å². The highest BCUT2D eigenvalue weighted by Gasteiger charge is 2.19. The molecule has 7 nitrogen and oxygen atoms in total. The predicted molar refractivity (Wildman–Crippen MR) is 132 cm³/mol.